The second-order valence-corrected chi connectivity index (χ2v) is 8.50. The van der Waals surface area contributed by atoms with E-state index >= 15 is 0 Å². The number of hydrogen-bond donors (Lipinski definition) is 1. The zero-order valence-corrected chi connectivity index (χ0v) is 19.5. The number of aliphatic hydroxyl groups is 1. The van der Waals surface area contributed by atoms with Gasteiger partial charge in [0.2, 0.25) is 0 Å². The second-order valence-electron chi connectivity index (χ2n) is 8.50. The summed E-state index contributed by atoms with van der Waals surface area (Å²) in [5.74, 6) is -0.954. The van der Waals surface area contributed by atoms with Gasteiger partial charge in [-0.3, -0.25) is 14.6 Å². The monoisotopic (exact) mass is 476 g/mol. The number of nitrogens with zero attached hydrogens (tertiary/aromatic N) is 2. The smallest absolute Gasteiger partial charge is 0.295 e. The van der Waals surface area contributed by atoms with Crippen molar-refractivity contribution in [1.82, 2.24) is 9.88 Å². The van der Waals surface area contributed by atoms with Crippen molar-refractivity contribution in [2.75, 3.05) is 0 Å². The van der Waals surface area contributed by atoms with Crippen LogP contribution in [0, 0.1) is 0 Å². The molecule has 1 fully saturated rings. The highest BCUT2D eigenvalue weighted by atomic mass is 16.5. The minimum absolute atomic E-state index is 0.0630. The van der Waals surface area contributed by atoms with Crippen molar-refractivity contribution < 1.29 is 19.4 Å². The number of carbonyl (C=O) groups is 2. The molecular formula is C30H24N2O4. The van der Waals surface area contributed by atoms with Gasteiger partial charge in [-0.1, -0.05) is 66.7 Å². The van der Waals surface area contributed by atoms with E-state index in [-0.39, 0.29) is 17.9 Å². The van der Waals surface area contributed by atoms with Crippen LogP contribution in [0.3, 0.4) is 0 Å². The lowest BCUT2D eigenvalue weighted by Gasteiger charge is -2.25. The van der Waals surface area contributed by atoms with E-state index in [4.69, 9.17) is 4.74 Å². The van der Waals surface area contributed by atoms with Crippen LogP contribution in [0.4, 0.5) is 0 Å². The van der Waals surface area contributed by atoms with Gasteiger partial charge in [0.15, 0.2) is 0 Å². The maximum atomic E-state index is 13.2. The SMILES string of the molecule is O=C1C(=O)N(Cc2cccnc2)[C@@H](c2ccccc2)/C1=C(\O)c1ccc(OCc2ccccc2)cc1. The summed E-state index contributed by atoms with van der Waals surface area (Å²) < 4.78 is 5.83. The molecular weight excluding hydrogens is 452 g/mol. The van der Waals surface area contributed by atoms with E-state index in [0.29, 0.717) is 17.9 Å². The molecule has 1 saturated heterocycles. The molecule has 1 amide bonds. The molecule has 1 aliphatic rings. The van der Waals surface area contributed by atoms with Crippen LogP contribution in [-0.4, -0.2) is 26.7 Å². The Hall–Kier alpha value is -4.71. The van der Waals surface area contributed by atoms with Gasteiger partial charge in [0, 0.05) is 24.5 Å². The molecule has 0 radical (unpaired) electrons. The van der Waals surface area contributed by atoms with Gasteiger partial charge in [0.1, 0.15) is 18.1 Å². The molecule has 3 aromatic carbocycles. The van der Waals surface area contributed by atoms with Crippen molar-refractivity contribution in [2.24, 2.45) is 0 Å². The number of likely N-dealkylation sites (tertiary alicyclic amines) is 1. The fourth-order valence-electron chi connectivity index (χ4n) is 4.32. The number of Topliss-reactive ketones (excluding diaryl/α,β-unsaturated/α-hetero) is 1. The van der Waals surface area contributed by atoms with E-state index < -0.39 is 17.7 Å². The lowest BCUT2D eigenvalue weighted by atomic mass is 9.95. The molecule has 6 nitrogen and oxygen atoms in total. The van der Waals surface area contributed by atoms with Gasteiger partial charge in [-0.25, -0.2) is 0 Å². The first-order valence-corrected chi connectivity index (χ1v) is 11.6. The molecule has 0 spiro atoms. The number of pyridine rings is 1. The number of benzene rings is 3. The van der Waals surface area contributed by atoms with Crippen LogP contribution in [0.25, 0.3) is 5.76 Å². The van der Waals surface area contributed by atoms with Gasteiger partial charge >= 0.3 is 0 Å². The fraction of sp³-hybridized carbons (Fsp3) is 0.100. The number of ether oxygens (including phenoxy) is 1. The second kappa shape index (κ2) is 10.3. The molecule has 1 aliphatic heterocycles. The third kappa shape index (κ3) is 4.74. The highest BCUT2D eigenvalue weighted by Gasteiger charge is 2.46. The van der Waals surface area contributed by atoms with E-state index in [9.17, 15) is 14.7 Å². The van der Waals surface area contributed by atoms with E-state index in [0.717, 1.165) is 16.7 Å². The number of aromatic nitrogens is 1. The van der Waals surface area contributed by atoms with Crippen molar-refractivity contribution in [3.05, 3.63) is 137 Å². The highest BCUT2D eigenvalue weighted by molar-refractivity contribution is 6.46. The predicted molar refractivity (Wildman–Crippen MR) is 136 cm³/mol. The van der Waals surface area contributed by atoms with Gasteiger partial charge in [0.25, 0.3) is 11.7 Å². The molecule has 0 bridgehead atoms. The molecule has 5 rings (SSSR count). The van der Waals surface area contributed by atoms with Crippen LogP contribution in [0.2, 0.25) is 0 Å². The Kier molecular flexibility index (Phi) is 6.58. The van der Waals surface area contributed by atoms with Crippen molar-refractivity contribution >= 4 is 17.4 Å². The van der Waals surface area contributed by atoms with Crippen molar-refractivity contribution in [2.45, 2.75) is 19.2 Å². The Bertz CT molecular complexity index is 1390. The molecule has 36 heavy (non-hydrogen) atoms. The van der Waals surface area contributed by atoms with Gasteiger partial charge in [-0.15, -0.1) is 0 Å². The first kappa shape index (κ1) is 23.1. The summed E-state index contributed by atoms with van der Waals surface area (Å²) in [5.41, 5.74) is 3.07. The van der Waals surface area contributed by atoms with Crippen molar-refractivity contribution in [3.63, 3.8) is 0 Å². The Morgan fingerprint density at radius 3 is 2.17 bits per heavy atom. The van der Waals surface area contributed by atoms with Crippen LogP contribution in [0.1, 0.15) is 28.3 Å². The van der Waals surface area contributed by atoms with E-state index in [1.165, 1.54) is 4.90 Å². The minimum Gasteiger partial charge on any atom is -0.507 e. The summed E-state index contributed by atoms with van der Waals surface area (Å²) in [4.78, 5) is 31.9. The van der Waals surface area contributed by atoms with Gasteiger partial charge in [0.05, 0.1) is 11.6 Å². The average molecular weight is 477 g/mol. The summed E-state index contributed by atoms with van der Waals surface area (Å²) in [5, 5.41) is 11.2. The number of carbonyl (C=O) groups excluding carboxylic acids is 2. The Morgan fingerprint density at radius 1 is 0.833 bits per heavy atom. The van der Waals surface area contributed by atoms with Crippen LogP contribution in [-0.2, 0) is 22.7 Å². The molecule has 0 unspecified atom stereocenters. The molecule has 6 heteroatoms. The summed E-state index contributed by atoms with van der Waals surface area (Å²) in [6.45, 7) is 0.612. The number of ketones is 1. The minimum atomic E-state index is -0.722. The van der Waals surface area contributed by atoms with Crippen LogP contribution >= 0.6 is 0 Å². The normalized spacial score (nSPS) is 16.8. The molecule has 1 aromatic heterocycles. The average Bonchev–Trinajstić information content (AvgIpc) is 3.18. The third-order valence-electron chi connectivity index (χ3n) is 6.11. The van der Waals surface area contributed by atoms with Gasteiger partial charge < -0.3 is 14.7 Å². The Labute approximate surface area is 209 Å². The Morgan fingerprint density at radius 2 is 1.50 bits per heavy atom. The Balaban J connectivity index is 1.47. The molecule has 2 heterocycles. The number of hydrogen-bond acceptors (Lipinski definition) is 5. The lowest BCUT2D eigenvalue weighted by molar-refractivity contribution is -0.140. The predicted octanol–water partition coefficient (Wildman–Crippen LogP) is 5.28. The first-order chi connectivity index (χ1) is 17.6. The topological polar surface area (TPSA) is 79.7 Å². The number of amides is 1. The van der Waals surface area contributed by atoms with Crippen LogP contribution in [0.5, 0.6) is 5.75 Å². The third-order valence-corrected chi connectivity index (χ3v) is 6.11. The number of rotatable bonds is 7. The lowest BCUT2D eigenvalue weighted by Crippen LogP contribution is -2.29. The summed E-state index contributed by atoms with van der Waals surface area (Å²) in [7, 11) is 0. The highest BCUT2D eigenvalue weighted by Crippen LogP contribution is 2.40. The molecule has 1 atom stereocenters. The summed E-state index contributed by atoms with van der Waals surface area (Å²) in [6, 6.07) is 28.8. The van der Waals surface area contributed by atoms with Gasteiger partial charge in [-0.05, 0) is 47.0 Å². The maximum absolute atomic E-state index is 13.2. The zero-order chi connectivity index (χ0) is 24.9. The molecule has 4 aromatic rings. The fourth-order valence-corrected chi connectivity index (χ4v) is 4.32. The standard InChI is InChI=1S/C30H24N2O4/c33-28(24-13-15-25(16-14-24)36-20-21-8-3-1-4-9-21)26-27(23-11-5-2-6-12-23)32(30(35)29(26)34)19-22-10-7-17-31-18-22/h1-18,27,33H,19-20H2/b28-26+/t27-/m0/s1. The van der Waals surface area contributed by atoms with Crippen LogP contribution in [0.15, 0.2) is 115 Å². The largest absolute Gasteiger partial charge is 0.507 e. The van der Waals surface area contributed by atoms with E-state index in [2.05, 4.69) is 4.98 Å². The molecule has 0 aliphatic carbocycles. The van der Waals surface area contributed by atoms with Crippen LogP contribution < -0.4 is 4.74 Å². The number of aliphatic hydroxyl groups excluding tert-OH is 1. The quantitative estimate of drug-likeness (QED) is 0.223. The molecule has 1 N–H and O–H groups in total. The van der Waals surface area contributed by atoms with Crippen molar-refractivity contribution in [3.8, 4) is 5.75 Å². The van der Waals surface area contributed by atoms with Gasteiger partial charge in [-0.2, -0.15) is 0 Å². The molecule has 0 saturated carbocycles. The first-order valence-electron chi connectivity index (χ1n) is 11.6. The maximum Gasteiger partial charge on any atom is 0.295 e. The van der Waals surface area contributed by atoms with E-state index in [1.807, 2.05) is 66.7 Å². The summed E-state index contributed by atoms with van der Waals surface area (Å²) >= 11 is 0. The van der Waals surface area contributed by atoms with Crippen molar-refractivity contribution in [1.29, 1.82) is 0 Å². The summed E-state index contributed by atoms with van der Waals surface area (Å²) in [6.07, 6.45) is 3.31. The van der Waals surface area contributed by atoms with E-state index in [1.54, 1.807) is 42.7 Å². The zero-order valence-electron chi connectivity index (χ0n) is 19.5. The molecule has 178 valence electrons.